The third kappa shape index (κ3) is 33.3. The van der Waals surface area contributed by atoms with Gasteiger partial charge in [-0.25, -0.2) is 0 Å². The Labute approximate surface area is 338 Å². The first kappa shape index (κ1) is 52.5. The van der Waals surface area contributed by atoms with Crippen LogP contribution in [0.3, 0.4) is 0 Å². The summed E-state index contributed by atoms with van der Waals surface area (Å²) in [7, 11) is -0.481. The van der Waals surface area contributed by atoms with Gasteiger partial charge in [-0.3, -0.25) is 4.90 Å². The van der Waals surface area contributed by atoms with Crippen molar-refractivity contribution in [2.45, 2.75) is 222 Å². The molecule has 0 spiro atoms. The van der Waals surface area contributed by atoms with Crippen molar-refractivity contribution in [3.8, 4) is 0 Å². The van der Waals surface area contributed by atoms with Crippen LogP contribution in [-0.4, -0.2) is 49.3 Å². The number of hydrogen-bond acceptors (Lipinski definition) is 6. The van der Waals surface area contributed by atoms with Crippen LogP contribution in [0.5, 0.6) is 0 Å². The van der Waals surface area contributed by atoms with Gasteiger partial charge in [0.1, 0.15) is 0 Å². The van der Waals surface area contributed by atoms with Crippen LogP contribution >= 0.6 is 18.7 Å². The fourth-order valence-corrected chi connectivity index (χ4v) is 10.7. The second-order valence-electron chi connectivity index (χ2n) is 15.2. The zero-order chi connectivity index (χ0) is 39.0. The molecule has 0 aliphatic rings. The van der Waals surface area contributed by atoms with E-state index in [4.69, 9.17) is 10.3 Å². The van der Waals surface area contributed by atoms with E-state index in [0.29, 0.717) is 6.10 Å². The molecule has 4 N–H and O–H groups in total. The fourth-order valence-electron chi connectivity index (χ4n) is 6.63. The van der Waals surface area contributed by atoms with E-state index in [1.165, 1.54) is 166 Å². The summed E-state index contributed by atoms with van der Waals surface area (Å²) in [5, 5.41) is 7.41. The number of unbranched alkanes of at least 4 members (excludes halogenated alkanes) is 20. The molecule has 2 unspecified atom stereocenters. The van der Waals surface area contributed by atoms with Gasteiger partial charge in [-0.2, -0.15) is 0 Å². The highest BCUT2D eigenvalue weighted by molar-refractivity contribution is 8.54. The molecule has 0 amide bonds. The van der Waals surface area contributed by atoms with Crippen molar-refractivity contribution in [2.75, 3.05) is 49.4 Å². The minimum absolute atomic E-state index is 0.360. The Bertz CT molecular complexity index is 878. The second kappa shape index (κ2) is 41.1. The SMILES string of the molecule is CC.CCCCCCCCCCCCCCCCCCNCCCN(CNc1ccc(CC)cc1N)CSP(CCCCC)OC(C)CCCCCC. The summed E-state index contributed by atoms with van der Waals surface area (Å²) >= 11 is 2.07. The summed E-state index contributed by atoms with van der Waals surface area (Å²) in [4.78, 5) is 2.57. The van der Waals surface area contributed by atoms with E-state index in [1.54, 1.807) is 0 Å². The summed E-state index contributed by atoms with van der Waals surface area (Å²) in [6, 6.07) is 6.47. The van der Waals surface area contributed by atoms with E-state index in [-0.39, 0.29) is 0 Å². The molecule has 1 aromatic rings. The van der Waals surface area contributed by atoms with Gasteiger partial charge in [-0.15, -0.1) is 0 Å². The number of nitrogen functional groups attached to an aromatic ring is 1. The smallest absolute Gasteiger partial charge is 0.0903 e. The minimum Gasteiger partial charge on any atom is -0.397 e. The topological polar surface area (TPSA) is 62.5 Å². The molecule has 1 rings (SSSR count). The number of anilines is 2. The van der Waals surface area contributed by atoms with E-state index >= 15 is 0 Å². The molecular weight excluding hydrogens is 688 g/mol. The fraction of sp³-hybridized carbons (Fsp3) is 0.870. The molecule has 0 aliphatic carbocycles. The Kier molecular flexibility index (Phi) is 40.7. The van der Waals surface area contributed by atoms with Crippen molar-refractivity contribution in [3.63, 3.8) is 0 Å². The van der Waals surface area contributed by atoms with Gasteiger partial charge in [0.25, 0.3) is 0 Å². The average molecular weight is 781 g/mol. The molecule has 0 heterocycles. The highest BCUT2D eigenvalue weighted by Crippen LogP contribution is 2.53. The zero-order valence-corrected chi connectivity index (χ0v) is 38.4. The molecule has 53 heavy (non-hydrogen) atoms. The van der Waals surface area contributed by atoms with Crippen LogP contribution in [-0.2, 0) is 10.9 Å². The Morgan fingerprint density at radius 3 is 1.74 bits per heavy atom. The Morgan fingerprint density at radius 2 is 1.19 bits per heavy atom. The number of aryl methyl sites for hydroxylation is 1. The second-order valence-corrected chi connectivity index (χ2v) is 19.0. The molecule has 0 aromatic heterocycles. The van der Waals surface area contributed by atoms with Gasteiger partial charge in [0.05, 0.1) is 37.4 Å². The monoisotopic (exact) mass is 781 g/mol. The van der Waals surface area contributed by atoms with E-state index in [9.17, 15) is 0 Å². The van der Waals surface area contributed by atoms with Crippen molar-refractivity contribution in [1.82, 2.24) is 10.2 Å². The van der Waals surface area contributed by atoms with Gasteiger partial charge in [-0.05, 0) is 69.8 Å². The third-order valence-electron chi connectivity index (χ3n) is 10.1. The van der Waals surface area contributed by atoms with Crippen molar-refractivity contribution in [1.29, 1.82) is 0 Å². The van der Waals surface area contributed by atoms with Crippen LogP contribution in [0.2, 0.25) is 0 Å². The summed E-state index contributed by atoms with van der Waals surface area (Å²) in [5.41, 5.74) is 9.62. The summed E-state index contributed by atoms with van der Waals surface area (Å²) in [6.07, 6.45) is 36.9. The lowest BCUT2D eigenvalue weighted by Crippen LogP contribution is -2.32. The summed E-state index contributed by atoms with van der Waals surface area (Å²) < 4.78 is 6.73. The average Bonchev–Trinajstić information content (AvgIpc) is 3.17. The Hall–Kier alpha value is -0.520. The molecule has 0 aliphatic heterocycles. The summed E-state index contributed by atoms with van der Waals surface area (Å²) in [6.45, 7) is 19.5. The normalized spacial score (nSPS) is 12.5. The highest BCUT2D eigenvalue weighted by atomic mass is 32.7. The number of hydrogen-bond donors (Lipinski definition) is 3. The van der Waals surface area contributed by atoms with E-state index < -0.39 is 7.35 Å². The third-order valence-corrected chi connectivity index (χ3v) is 14.2. The zero-order valence-electron chi connectivity index (χ0n) is 36.7. The predicted molar refractivity (Wildman–Crippen MR) is 247 cm³/mol. The van der Waals surface area contributed by atoms with E-state index in [2.05, 4.69) is 79.7 Å². The molecule has 0 radical (unpaired) electrons. The largest absolute Gasteiger partial charge is 0.397 e. The van der Waals surface area contributed by atoms with Crippen LogP contribution in [0.1, 0.15) is 215 Å². The minimum atomic E-state index is -0.481. The highest BCUT2D eigenvalue weighted by Gasteiger charge is 2.17. The molecule has 1 aromatic carbocycles. The first-order valence-corrected chi connectivity index (χ1v) is 26.2. The van der Waals surface area contributed by atoms with Crippen LogP contribution in [0.25, 0.3) is 0 Å². The van der Waals surface area contributed by atoms with Crippen LogP contribution < -0.4 is 16.4 Å². The molecular formula is C46H93N4OPS. The molecule has 2 atom stereocenters. The molecule has 314 valence electrons. The lowest BCUT2D eigenvalue weighted by Gasteiger charge is -2.27. The molecule has 0 saturated carbocycles. The maximum absolute atomic E-state index is 6.73. The van der Waals surface area contributed by atoms with Gasteiger partial charge in [-0.1, -0.05) is 194 Å². The lowest BCUT2D eigenvalue weighted by atomic mass is 10.0. The van der Waals surface area contributed by atoms with Crippen LogP contribution in [0, 0.1) is 0 Å². The maximum atomic E-state index is 6.73. The van der Waals surface area contributed by atoms with Gasteiger partial charge in [0.15, 0.2) is 0 Å². The van der Waals surface area contributed by atoms with Gasteiger partial charge in [0.2, 0.25) is 0 Å². The predicted octanol–water partition coefficient (Wildman–Crippen LogP) is 15.3. The summed E-state index contributed by atoms with van der Waals surface area (Å²) in [5.74, 6) is 0.999. The molecule has 5 nitrogen and oxygen atoms in total. The molecule has 0 saturated heterocycles. The number of nitrogens with one attached hydrogen (secondary N) is 2. The van der Waals surface area contributed by atoms with Gasteiger partial charge < -0.3 is 20.9 Å². The standard InChI is InChI=1S/C44H87N4OPS.C2H6/c1-6-10-13-15-16-17-18-19-20-21-22-23-24-25-26-28-34-46-35-30-36-48(39-47-44-33-32-42(9-4)38-43(44)45)40-51-50(37-29-12-8-3)49-41(5)31-27-14-11-7-2;1-2/h32-33,38,41,46-47H,6-31,34-37,39-40,45H2,1-5H3;1-2H3. The molecule has 0 bridgehead atoms. The number of benzene rings is 1. The van der Waals surface area contributed by atoms with Crippen molar-refractivity contribution in [2.24, 2.45) is 0 Å². The number of rotatable bonds is 39. The van der Waals surface area contributed by atoms with E-state index in [1.807, 2.05) is 13.8 Å². The Balaban J connectivity index is 0.0000133. The van der Waals surface area contributed by atoms with E-state index in [0.717, 1.165) is 56.4 Å². The Morgan fingerprint density at radius 1 is 0.679 bits per heavy atom. The first-order valence-electron chi connectivity index (χ1n) is 23.2. The van der Waals surface area contributed by atoms with Gasteiger partial charge >= 0.3 is 0 Å². The first-order chi connectivity index (χ1) is 26.0. The van der Waals surface area contributed by atoms with Crippen molar-refractivity contribution >= 4 is 30.1 Å². The lowest BCUT2D eigenvalue weighted by molar-refractivity contribution is 0.234. The molecule has 7 heteroatoms. The molecule has 0 fully saturated rings. The maximum Gasteiger partial charge on any atom is 0.0903 e. The van der Waals surface area contributed by atoms with Crippen molar-refractivity contribution < 1.29 is 4.52 Å². The van der Waals surface area contributed by atoms with Crippen LogP contribution in [0.4, 0.5) is 11.4 Å². The van der Waals surface area contributed by atoms with Gasteiger partial charge in [0, 0.05) is 12.7 Å². The number of nitrogens with two attached hydrogens (primary N) is 1. The van der Waals surface area contributed by atoms with Crippen molar-refractivity contribution in [3.05, 3.63) is 23.8 Å². The number of nitrogens with zero attached hydrogens (tertiary/aromatic N) is 1. The quantitative estimate of drug-likeness (QED) is 0.0268. The van der Waals surface area contributed by atoms with Crippen LogP contribution in [0.15, 0.2) is 18.2 Å².